The minimum atomic E-state index is -0.506. The van der Waals surface area contributed by atoms with Gasteiger partial charge in [0.05, 0.1) is 6.61 Å². The van der Waals surface area contributed by atoms with Crippen LogP contribution in [0.15, 0.2) is 4.99 Å². The third kappa shape index (κ3) is 8.02. The molecule has 1 aliphatic rings. The first-order valence-corrected chi connectivity index (χ1v) is 7.86. The highest BCUT2D eigenvalue weighted by Crippen LogP contribution is 2.07. The highest BCUT2D eigenvalue weighted by molar-refractivity contribution is 14.0. The summed E-state index contributed by atoms with van der Waals surface area (Å²) in [5, 5.41) is 3.00. The summed E-state index contributed by atoms with van der Waals surface area (Å²) in [6.07, 6.45) is -0.288. The number of aliphatic imine (C=N–C) groups is 1. The Morgan fingerprint density at radius 2 is 1.67 bits per heavy atom. The van der Waals surface area contributed by atoms with E-state index in [1.54, 1.807) is 18.9 Å². The number of amides is 1. The Labute approximate surface area is 161 Å². The molecular formula is C15H29IN4O4. The summed E-state index contributed by atoms with van der Waals surface area (Å²) in [7, 11) is 1.66. The van der Waals surface area contributed by atoms with Crippen LogP contribution in [0.5, 0.6) is 0 Å². The molecule has 0 bridgehead atoms. The third-order valence-electron chi connectivity index (χ3n) is 3.13. The van der Waals surface area contributed by atoms with Crippen molar-refractivity contribution in [3.05, 3.63) is 0 Å². The molecule has 1 N–H and O–H groups in total. The Morgan fingerprint density at radius 1 is 1.12 bits per heavy atom. The van der Waals surface area contributed by atoms with Gasteiger partial charge in [-0.2, -0.15) is 0 Å². The normalized spacial score (nSPS) is 15.5. The quantitative estimate of drug-likeness (QED) is 0.298. The molecule has 0 saturated carbocycles. The van der Waals surface area contributed by atoms with Crippen LogP contribution >= 0.6 is 24.0 Å². The maximum atomic E-state index is 11.7. The molecule has 1 aliphatic heterocycles. The summed E-state index contributed by atoms with van der Waals surface area (Å²) in [5.74, 6) is 0.295. The van der Waals surface area contributed by atoms with E-state index in [0.717, 1.165) is 0 Å². The molecule has 0 aromatic heterocycles. The van der Waals surface area contributed by atoms with Gasteiger partial charge >= 0.3 is 12.1 Å². The van der Waals surface area contributed by atoms with Crippen LogP contribution in [-0.2, 0) is 14.3 Å². The summed E-state index contributed by atoms with van der Waals surface area (Å²) in [4.78, 5) is 31.3. The molecule has 1 saturated heterocycles. The molecule has 0 aliphatic carbocycles. The Hall–Kier alpha value is -1.26. The number of nitrogens with zero attached hydrogens (tertiary/aromatic N) is 3. The Bertz CT molecular complexity index is 443. The molecule has 0 unspecified atom stereocenters. The average molecular weight is 456 g/mol. The van der Waals surface area contributed by atoms with Crippen molar-refractivity contribution in [1.82, 2.24) is 15.1 Å². The predicted octanol–water partition coefficient (Wildman–Crippen LogP) is 1.30. The van der Waals surface area contributed by atoms with E-state index in [-0.39, 0.29) is 42.6 Å². The van der Waals surface area contributed by atoms with E-state index in [1.807, 2.05) is 25.7 Å². The maximum absolute atomic E-state index is 11.7. The fraction of sp³-hybridized carbons (Fsp3) is 0.800. The minimum Gasteiger partial charge on any atom is -0.459 e. The first-order valence-electron chi connectivity index (χ1n) is 7.86. The molecule has 1 heterocycles. The lowest BCUT2D eigenvalue weighted by atomic mass is 10.2. The van der Waals surface area contributed by atoms with Gasteiger partial charge in [-0.15, -0.1) is 24.0 Å². The lowest BCUT2D eigenvalue weighted by Crippen LogP contribution is -2.54. The van der Waals surface area contributed by atoms with Crippen LogP contribution in [0.1, 0.15) is 27.7 Å². The highest BCUT2D eigenvalue weighted by Gasteiger charge is 2.24. The second kappa shape index (κ2) is 10.6. The van der Waals surface area contributed by atoms with Gasteiger partial charge in [0.2, 0.25) is 0 Å². The number of nitrogens with one attached hydrogen (secondary N) is 1. The van der Waals surface area contributed by atoms with Crippen molar-refractivity contribution in [2.24, 2.45) is 4.99 Å². The van der Waals surface area contributed by atoms with Crippen molar-refractivity contribution in [2.45, 2.75) is 33.3 Å². The first kappa shape index (κ1) is 22.7. The van der Waals surface area contributed by atoms with Crippen molar-refractivity contribution in [3.8, 4) is 0 Å². The number of rotatable bonds is 3. The molecule has 8 nitrogen and oxygen atoms in total. The number of piperazine rings is 1. The predicted molar refractivity (Wildman–Crippen MR) is 103 cm³/mol. The molecule has 0 radical (unpaired) electrons. The maximum Gasteiger partial charge on any atom is 0.409 e. The van der Waals surface area contributed by atoms with Gasteiger partial charge in [0.25, 0.3) is 0 Å². The zero-order chi connectivity index (χ0) is 17.5. The van der Waals surface area contributed by atoms with Gasteiger partial charge in [-0.3, -0.25) is 9.79 Å². The number of carbonyl (C=O) groups excluding carboxylic acids is 2. The van der Waals surface area contributed by atoms with Crippen LogP contribution in [0.3, 0.4) is 0 Å². The molecule has 0 aromatic rings. The topological polar surface area (TPSA) is 83.5 Å². The SMILES string of the molecule is CCOC(=O)N1CCN(C(=NC)NCC(=O)OC(C)(C)C)CC1.I. The molecule has 140 valence electrons. The zero-order valence-electron chi connectivity index (χ0n) is 15.1. The summed E-state index contributed by atoms with van der Waals surface area (Å²) >= 11 is 0. The lowest BCUT2D eigenvalue weighted by molar-refractivity contribution is -0.153. The van der Waals surface area contributed by atoms with Gasteiger partial charge in [0.1, 0.15) is 12.1 Å². The minimum absolute atomic E-state index is 0. The fourth-order valence-corrected chi connectivity index (χ4v) is 2.18. The second-order valence-corrected chi connectivity index (χ2v) is 6.16. The number of hydrogen-bond donors (Lipinski definition) is 1. The van der Waals surface area contributed by atoms with Crippen molar-refractivity contribution in [1.29, 1.82) is 0 Å². The molecule has 9 heteroatoms. The van der Waals surface area contributed by atoms with Crippen molar-refractivity contribution in [2.75, 3.05) is 46.4 Å². The van der Waals surface area contributed by atoms with E-state index in [0.29, 0.717) is 38.7 Å². The first-order chi connectivity index (χ1) is 10.8. The van der Waals surface area contributed by atoms with Crippen molar-refractivity contribution >= 4 is 42.0 Å². The largest absolute Gasteiger partial charge is 0.459 e. The van der Waals surface area contributed by atoms with E-state index >= 15 is 0 Å². The van der Waals surface area contributed by atoms with E-state index in [9.17, 15) is 9.59 Å². The molecule has 0 aromatic carbocycles. The molecular weight excluding hydrogens is 427 g/mol. The Kier molecular flexibility index (Phi) is 10.0. The summed E-state index contributed by atoms with van der Waals surface area (Å²) in [5.41, 5.74) is -0.506. The highest BCUT2D eigenvalue weighted by atomic mass is 127. The Morgan fingerprint density at radius 3 is 2.12 bits per heavy atom. The molecule has 0 spiro atoms. The fourth-order valence-electron chi connectivity index (χ4n) is 2.18. The number of carbonyl (C=O) groups is 2. The lowest BCUT2D eigenvalue weighted by Gasteiger charge is -2.35. The summed E-state index contributed by atoms with van der Waals surface area (Å²) in [6.45, 7) is 10.1. The number of guanidine groups is 1. The number of ether oxygens (including phenoxy) is 2. The molecule has 1 fully saturated rings. The van der Waals surface area contributed by atoms with E-state index < -0.39 is 5.60 Å². The van der Waals surface area contributed by atoms with Gasteiger partial charge in [0, 0.05) is 33.2 Å². The van der Waals surface area contributed by atoms with Gasteiger partial charge in [-0.1, -0.05) is 0 Å². The van der Waals surface area contributed by atoms with Crippen LogP contribution in [-0.4, -0.2) is 79.8 Å². The number of esters is 1. The van der Waals surface area contributed by atoms with Gasteiger partial charge in [-0.05, 0) is 27.7 Å². The Balaban J connectivity index is 0.00000529. The smallest absolute Gasteiger partial charge is 0.409 e. The van der Waals surface area contributed by atoms with Crippen LogP contribution in [0, 0.1) is 0 Å². The van der Waals surface area contributed by atoms with E-state index in [1.165, 1.54) is 0 Å². The summed E-state index contributed by atoms with van der Waals surface area (Å²) in [6, 6.07) is 0. The molecule has 1 amide bonds. The standard InChI is InChI=1S/C15H28N4O4.HI/c1-6-22-14(21)19-9-7-18(8-10-19)13(16-5)17-11-12(20)23-15(2,3)4;/h6-11H2,1-5H3,(H,16,17);1H. The van der Waals surface area contributed by atoms with Gasteiger partial charge in [-0.25, -0.2) is 4.79 Å². The summed E-state index contributed by atoms with van der Waals surface area (Å²) < 4.78 is 10.2. The zero-order valence-corrected chi connectivity index (χ0v) is 17.5. The monoisotopic (exact) mass is 456 g/mol. The average Bonchev–Trinajstić information content (AvgIpc) is 2.47. The van der Waals surface area contributed by atoms with E-state index in [4.69, 9.17) is 9.47 Å². The van der Waals surface area contributed by atoms with E-state index in [2.05, 4.69) is 10.3 Å². The van der Waals surface area contributed by atoms with Crippen molar-refractivity contribution < 1.29 is 19.1 Å². The van der Waals surface area contributed by atoms with Crippen molar-refractivity contribution in [3.63, 3.8) is 0 Å². The molecule has 24 heavy (non-hydrogen) atoms. The molecule has 1 rings (SSSR count). The number of hydrogen-bond acceptors (Lipinski definition) is 5. The second-order valence-electron chi connectivity index (χ2n) is 6.16. The van der Waals surface area contributed by atoms with Crippen LogP contribution in [0.25, 0.3) is 0 Å². The van der Waals surface area contributed by atoms with Gasteiger partial charge < -0.3 is 24.6 Å². The van der Waals surface area contributed by atoms with Crippen LogP contribution < -0.4 is 5.32 Å². The van der Waals surface area contributed by atoms with Crippen LogP contribution in [0.4, 0.5) is 4.79 Å². The molecule has 0 atom stereocenters. The van der Waals surface area contributed by atoms with Gasteiger partial charge in [0.15, 0.2) is 5.96 Å². The van der Waals surface area contributed by atoms with Crippen LogP contribution in [0.2, 0.25) is 0 Å². The number of halogens is 1. The third-order valence-corrected chi connectivity index (χ3v) is 3.13.